The number of pyridine rings is 1. The largest absolute Gasteiger partial charge is 0.356 e. The van der Waals surface area contributed by atoms with Crippen molar-refractivity contribution in [3.63, 3.8) is 0 Å². The summed E-state index contributed by atoms with van der Waals surface area (Å²) in [5.41, 5.74) is 4.07. The van der Waals surface area contributed by atoms with Gasteiger partial charge < -0.3 is 15.5 Å². The van der Waals surface area contributed by atoms with Gasteiger partial charge in [0.05, 0.1) is 17.4 Å². The molecule has 0 unspecified atom stereocenters. The molecule has 6 rings (SSSR count). The molecule has 10 heteroatoms. The molecule has 1 saturated heterocycles. The molecular formula is C27H33N9O. The molecule has 2 atom stereocenters. The second-order valence-corrected chi connectivity index (χ2v) is 10.6. The first kappa shape index (κ1) is 23.7. The fraction of sp³-hybridized carbons (Fsp3) is 0.481. The maximum atomic E-state index is 12.8. The fourth-order valence-electron chi connectivity index (χ4n) is 5.51. The number of nitrogens with one attached hydrogen (secondary N) is 2. The van der Waals surface area contributed by atoms with E-state index < -0.39 is 0 Å². The standard InChI is InChI=1S/C27H33N9O/c1-17-3-4-19-14-22(7-8-23(19)30-17)36-25-24(33-34-36)16-29-27(32-25)31-21-6-5-20(13-21)26(37)28-15-18-9-11-35(2)12-10-18/h3-4,7-8,14,16,18,20-21H,5-6,9-13,15H2,1-2H3,(H,28,37)(H,29,31,32)/t20-,21-/m1/s1. The minimum absolute atomic E-state index is 0.0366. The number of nitrogens with zero attached hydrogens (tertiary/aromatic N) is 7. The predicted molar refractivity (Wildman–Crippen MR) is 142 cm³/mol. The van der Waals surface area contributed by atoms with E-state index in [4.69, 9.17) is 4.98 Å². The number of carbonyl (C=O) groups excluding carboxylic acids is 1. The maximum Gasteiger partial charge on any atom is 0.225 e. The summed E-state index contributed by atoms with van der Waals surface area (Å²) in [5, 5.41) is 16.3. The summed E-state index contributed by atoms with van der Waals surface area (Å²) in [5.74, 6) is 1.35. The van der Waals surface area contributed by atoms with E-state index in [1.807, 2.05) is 31.2 Å². The van der Waals surface area contributed by atoms with Crippen molar-refractivity contribution in [3.05, 3.63) is 42.2 Å². The van der Waals surface area contributed by atoms with Gasteiger partial charge in [0.25, 0.3) is 0 Å². The normalized spacial score (nSPS) is 21.0. The van der Waals surface area contributed by atoms with Gasteiger partial charge in [-0.3, -0.25) is 9.78 Å². The zero-order chi connectivity index (χ0) is 25.4. The molecule has 37 heavy (non-hydrogen) atoms. The third-order valence-electron chi connectivity index (χ3n) is 7.79. The summed E-state index contributed by atoms with van der Waals surface area (Å²) in [6.45, 7) is 5.01. The Morgan fingerprint density at radius 2 is 1.92 bits per heavy atom. The Labute approximate surface area is 215 Å². The van der Waals surface area contributed by atoms with Gasteiger partial charge in [-0.1, -0.05) is 11.3 Å². The summed E-state index contributed by atoms with van der Waals surface area (Å²) >= 11 is 0. The third-order valence-corrected chi connectivity index (χ3v) is 7.79. The summed E-state index contributed by atoms with van der Waals surface area (Å²) < 4.78 is 1.73. The second-order valence-electron chi connectivity index (χ2n) is 10.6. The van der Waals surface area contributed by atoms with E-state index in [0.717, 1.165) is 74.0 Å². The minimum atomic E-state index is 0.0366. The van der Waals surface area contributed by atoms with E-state index in [1.54, 1.807) is 10.9 Å². The average molecular weight is 500 g/mol. The van der Waals surface area contributed by atoms with Gasteiger partial charge in [0.15, 0.2) is 11.2 Å². The molecule has 192 valence electrons. The van der Waals surface area contributed by atoms with Crippen LogP contribution >= 0.6 is 0 Å². The van der Waals surface area contributed by atoms with Crippen molar-refractivity contribution in [1.29, 1.82) is 0 Å². The van der Waals surface area contributed by atoms with Crippen molar-refractivity contribution >= 4 is 33.9 Å². The molecule has 10 nitrogen and oxygen atoms in total. The lowest BCUT2D eigenvalue weighted by Crippen LogP contribution is -2.38. The Bertz CT molecular complexity index is 1430. The van der Waals surface area contributed by atoms with Crippen LogP contribution in [-0.4, -0.2) is 73.5 Å². The topological polar surface area (TPSA) is 114 Å². The van der Waals surface area contributed by atoms with Gasteiger partial charge in [0, 0.05) is 29.6 Å². The highest BCUT2D eigenvalue weighted by Gasteiger charge is 2.31. The molecule has 0 bridgehead atoms. The van der Waals surface area contributed by atoms with E-state index in [-0.39, 0.29) is 17.9 Å². The highest BCUT2D eigenvalue weighted by molar-refractivity contribution is 5.82. The van der Waals surface area contributed by atoms with Crippen LogP contribution in [0.2, 0.25) is 0 Å². The van der Waals surface area contributed by atoms with Gasteiger partial charge in [0.1, 0.15) is 0 Å². The second kappa shape index (κ2) is 10.0. The van der Waals surface area contributed by atoms with E-state index in [1.165, 1.54) is 0 Å². The molecule has 4 aromatic rings. The molecule has 2 N–H and O–H groups in total. The number of hydrogen-bond donors (Lipinski definition) is 2. The first-order valence-electron chi connectivity index (χ1n) is 13.2. The predicted octanol–water partition coefficient (Wildman–Crippen LogP) is 3.11. The summed E-state index contributed by atoms with van der Waals surface area (Å²) in [7, 11) is 2.16. The van der Waals surface area contributed by atoms with Gasteiger partial charge in [-0.15, -0.1) is 5.10 Å². The number of hydrogen-bond acceptors (Lipinski definition) is 8. The van der Waals surface area contributed by atoms with Gasteiger partial charge in [-0.2, -0.15) is 9.67 Å². The zero-order valence-corrected chi connectivity index (χ0v) is 21.4. The number of rotatable bonds is 6. The average Bonchev–Trinajstić information content (AvgIpc) is 3.55. The number of aromatic nitrogens is 6. The van der Waals surface area contributed by atoms with Crippen LogP contribution in [0.15, 0.2) is 36.5 Å². The Balaban J connectivity index is 1.11. The van der Waals surface area contributed by atoms with E-state index >= 15 is 0 Å². The van der Waals surface area contributed by atoms with Crippen molar-refractivity contribution in [2.45, 2.75) is 45.1 Å². The molecule has 2 fully saturated rings. The first-order valence-corrected chi connectivity index (χ1v) is 13.2. The van der Waals surface area contributed by atoms with Crippen LogP contribution in [0.4, 0.5) is 5.95 Å². The van der Waals surface area contributed by atoms with Crippen LogP contribution in [0.3, 0.4) is 0 Å². The number of amides is 1. The van der Waals surface area contributed by atoms with Crippen molar-refractivity contribution in [1.82, 2.24) is 40.2 Å². The molecule has 1 saturated carbocycles. The maximum absolute atomic E-state index is 12.8. The van der Waals surface area contributed by atoms with Crippen LogP contribution in [0.25, 0.3) is 27.8 Å². The Kier molecular flexibility index (Phi) is 6.42. The van der Waals surface area contributed by atoms with E-state index in [0.29, 0.717) is 23.0 Å². The minimum Gasteiger partial charge on any atom is -0.356 e. The van der Waals surface area contributed by atoms with Gasteiger partial charge in [-0.25, -0.2) is 4.98 Å². The molecule has 3 aromatic heterocycles. The number of benzene rings is 1. The SMILES string of the molecule is Cc1ccc2cc(-n3nnc4cnc(N[C@@H]5CC[C@@H](C(=O)NCC6CCN(C)CC6)C5)nc43)ccc2n1. The van der Waals surface area contributed by atoms with Crippen LogP contribution < -0.4 is 10.6 Å². The van der Waals surface area contributed by atoms with Crippen LogP contribution in [-0.2, 0) is 4.79 Å². The highest BCUT2D eigenvalue weighted by atomic mass is 16.1. The summed E-state index contributed by atoms with van der Waals surface area (Å²) in [4.78, 5) is 28.9. The number of aryl methyl sites for hydroxylation is 1. The zero-order valence-electron chi connectivity index (χ0n) is 21.4. The lowest BCUT2D eigenvalue weighted by Gasteiger charge is -2.29. The fourth-order valence-corrected chi connectivity index (χ4v) is 5.51. The van der Waals surface area contributed by atoms with Crippen molar-refractivity contribution < 1.29 is 4.79 Å². The molecular weight excluding hydrogens is 466 g/mol. The Morgan fingerprint density at radius 1 is 1.05 bits per heavy atom. The summed E-state index contributed by atoms with van der Waals surface area (Å²) in [6.07, 6.45) is 6.60. The third kappa shape index (κ3) is 5.11. The lowest BCUT2D eigenvalue weighted by atomic mass is 9.96. The molecule has 1 aliphatic carbocycles. The molecule has 0 radical (unpaired) electrons. The molecule has 1 aliphatic heterocycles. The number of carbonyl (C=O) groups is 1. The Morgan fingerprint density at radius 3 is 2.78 bits per heavy atom. The van der Waals surface area contributed by atoms with Crippen LogP contribution in [0.5, 0.6) is 0 Å². The number of piperidine rings is 1. The van der Waals surface area contributed by atoms with Crippen molar-refractivity contribution in [2.24, 2.45) is 11.8 Å². The van der Waals surface area contributed by atoms with E-state index in [2.05, 4.69) is 48.9 Å². The quantitative estimate of drug-likeness (QED) is 0.416. The monoisotopic (exact) mass is 499 g/mol. The van der Waals surface area contributed by atoms with E-state index in [9.17, 15) is 4.79 Å². The molecule has 2 aliphatic rings. The lowest BCUT2D eigenvalue weighted by molar-refractivity contribution is -0.125. The molecule has 0 spiro atoms. The van der Waals surface area contributed by atoms with Crippen molar-refractivity contribution in [2.75, 3.05) is 32.0 Å². The Hall–Kier alpha value is -3.66. The van der Waals surface area contributed by atoms with Crippen molar-refractivity contribution in [3.8, 4) is 5.69 Å². The number of anilines is 1. The van der Waals surface area contributed by atoms with Gasteiger partial charge in [-0.05, 0) is 89.3 Å². The van der Waals surface area contributed by atoms with Crippen LogP contribution in [0, 0.1) is 18.8 Å². The van der Waals surface area contributed by atoms with Crippen LogP contribution in [0.1, 0.15) is 37.8 Å². The molecule has 1 amide bonds. The molecule has 1 aromatic carbocycles. The molecule has 4 heterocycles. The van der Waals surface area contributed by atoms with Gasteiger partial charge in [0.2, 0.25) is 11.9 Å². The first-order chi connectivity index (χ1) is 18.0. The summed E-state index contributed by atoms with van der Waals surface area (Å²) in [6, 6.07) is 10.2. The number of fused-ring (bicyclic) bond motifs is 2. The highest BCUT2D eigenvalue weighted by Crippen LogP contribution is 2.28. The smallest absolute Gasteiger partial charge is 0.225 e. The number of likely N-dealkylation sites (tertiary alicyclic amines) is 1. The van der Waals surface area contributed by atoms with Gasteiger partial charge >= 0.3 is 0 Å².